The van der Waals surface area contributed by atoms with Crippen molar-refractivity contribution in [2.75, 3.05) is 0 Å². The number of hydrogen-bond donors (Lipinski definition) is 1. The predicted octanol–water partition coefficient (Wildman–Crippen LogP) is 4.20. The largest absolute Gasteiger partial charge is 0.508 e. The highest BCUT2D eigenvalue weighted by Crippen LogP contribution is 2.32. The van der Waals surface area contributed by atoms with Gasteiger partial charge in [-0.05, 0) is 34.9 Å². The van der Waals surface area contributed by atoms with Crippen LogP contribution in [0.25, 0.3) is 0 Å². The number of rotatable bonds is 2. The molecule has 1 atom stereocenters. The molecule has 84 valence electrons. The number of phenolic OH excluding ortho intramolecular Hbond substituents is 1. The highest BCUT2D eigenvalue weighted by Gasteiger charge is 2.16. The molecule has 0 heterocycles. The van der Waals surface area contributed by atoms with E-state index < -0.39 is 0 Å². The minimum absolute atomic E-state index is 0.103. The second-order valence-corrected chi connectivity index (χ2v) is 5.33. The minimum Gasteiger partial charge on any atom is -0.508 e. The Labute approximate surface area is 93.1 Å². The monoisotopic (exact) mass is 206 g/mol. The second kappa shape index (κ2) is 4.26. The van der Waals surface area contributed by atoms with Crippen LogP contribution in [0.5, 0.6) is 5.75 Å². The molecule has 0 aliphatic rings. The molecule has 1 nitrogen and oxygen atoms in total. The van der Waals surface area contributed by atoms with E-state index in [0.29, 0.717) is 11.7 Å². The molecule has 1 unspecified atom stereocenters. The zero-order valence-electron chi connectivity index (χ0n) is 10.5. The topological polar surface area (TPSA) is 20.2 Å². The van der Waals surface area contributed by atoms with Gasteiger partial charge in [0.15, 0.2) is 0 Å². The second-order valence-electron chi connectivity index (χ2n) is 5.33. The lowest BCUT2D eigenvalue weighted by atomic mass is 9.85. The van der Waals surface area contributed by atoms with E-state index >= 15 is 0 Å². The molecule has 0 fully saturated rings. The molecular formula is C14H22O. The molecule has 0 aliphatic heterocycles. The van der Waals surface area contributed by atoms with Crippen LogP contribution in [0.3, 0.4) is 0 Å². The molecule has 0 aromatic heterocycles. The molecule has 1 aromatic rings. The average molecular weight is 206 g/mol. The zero-order chi connectivity index (χ0) is 11.6. The van der Waals surface area contributed by atoms with Crippen LogP contribution in [0.15, 0.2) is 18.2 Å². The summed E-state index contributed by atoms with van der Waals surface area (Å²) in [7, 11) is 0. The molecule has 0 saturated heterocycles. The van der Waals surface area contributed by atoms with Gasteiger partial charge in [0.1, 0.15) is 5.75 Å². The lowest BCUT2D eigenvalue weighted by Gasteiger charge is -2.21. The van der Waals surface area contributed by atoms with Crippen molar-refractivity contribution >= 4 is 0 Å². The zero-order valence-corrected chi connectivity index (χ0v) is 10.5. The fourth-order valence-electron chi connectivity index (χ4n) is 1.65. The van der Waals surface area contributed by atoms with Crippen molar-refractivity contribution in [3.63, 3.8) is 0 Å². The van der Waals surface area contributed by atoms with Gasteiger partial charge >= 0.3 is 0 Å². The quantitative estimate of drug-likeness (QED) is 0.768. The van der Waals surface area contributed by atoms with Crippen molar-refractivity contribution in [3.05, 3.63) is 29.3 Å². The van der Waals surface area contributed by atoms with Crippen LogP contribution < -0.4 is 0 Å². The van der Waals surface area contributed by atoms with Crippen LogP contribution in [0, 0.1) is 0 Å². The van der Waals surface area contributed by atoms with Gasteiger partial charge < -0.3 is 5.11 Å². The van der Waals surface area contributed by atoms with Crippen molar-refractivity contribution in [3.8, 4) is 5.75 Å². The van der Waals surface area contributed by atoms with E-state index in [9.17, 15) is 5.11 Å². The van der Waals surface area contributed by atoms with E-state index in [-0.39, 0.29) is 5.41 Å². The number of benzene rings is 1. The van der Waals surface area contributed by atoms with Gasteiger partial charge in [0.2, 0.25) is 0 Å². The minimum atomic E-state index is 0.103. The lowest BCUT2D eigenvalue weighted by molar-refractivity contribution is 0.458. The Bertz CT molecular complexity index is 334. The van der Waals surface area contributed by atoms with Gasteiger partial charge in [-0.25, -0.2) is 0 Å². The summed E-state index contributed by atoms with van der Waals surface area (Å²) in [5, 5.41) is 9.96. The van der Waals surface area contributed by atoms with Gasteiger partial charge in [0.25, 0.3) is 0 Å². The van der Waals surface area contributed by atoms with Crippen molar-refractivity contribution in [1.82, 2.24) is 0 Å². The van der Waals surface area contributed by atoms with Crippen LogP contribution in [0.4, 0.5) is 0 Å². The highest BCUT2D eigenvalue weighted by atomic mass is 16.3. The Balaban J connectivity index is 3.09. The first kappa shape index (κ1) is 12.1. The Morgan fingerprint density at radius 1 is 1.27 bits per heavy atom. The van der Waals surface area contributed by atoms with Crippen LogP contribution >= 0.6 is 0 Å². The molecule has 0 radical (unpaired) electrons. The van der Waals surface area contributed by atoms with Crippen LogP contribution in [-0.2, 0) is 5.41 Å². The van der Waals surface area contributed by atoms with E-state index in [4.69, 9.17) is 0 Å². The van der Waals surface area contributed by atoms with Crippen LogP contribution in [0.1, 0.15) is 58.1 Å². The fourth-order valence-corrected chi connectivity index (χ4v) is 1.65. The molecule has 1 rings (SSSR count). The Morgan fingerprint density at radius 3 is 2.27 bits per heavy atom. The van der Waals surface area contributed by atoms with Crippen molar-refractivity contribution in [2.24, 2.45) is 0 Å². The summed E-state index contributed by atoms with van der Waals surface area (Å²) in [5.41, 5.74) is 2.35. The third kappa shape index (κ3) is 2.74. The molecule has 1 heteroatoms. The highest BCUT2D eigenvalue weighted by molar-refractivity contribution is 5.40. The van der Waals surface area contributed by atoms with E-state index in [1.54, 1.807) is 0 Å². The van der Waals surface area contributed by atoms with Gasteiger partial charge in [0.05, 0.1) is 0 Å². The Morgan fingerprint density at radius 2 is 1.87 bits per heavy atom. The van der Waals surface area contributed by atoms with E-state index in [1.165, 1.54) is 5.56 Å². The maximum Gasteiger partial charge on any atom is 0.119 e. The standard InChI is InChI=1S/C14H22O/c1-6-10(2)12-8-7-11(9-13(12)15)14(3,4)5/h7-10,15H,6H2,1-5H3. The normalized spacial score (nSPS) is 13.9. The first-order valence-corrected chi connectivity index (χ1v) is 5.69. The molecule has 0 spiro atoms. The summed E-state index contributed by atoms with van der Waals surface area (Å²) in [6.07, 6.45) is 1.06. The summed E-state index contributed by atoms with van der Waals surface area (Å²) >= 11 is 0. The molecule has 1 aromatic carbocycles. The third-order valence-electron chi connectivity index (χ3n) is 3.04. The molecule has 0 amide bonds. The molecule has 0 bridgehead atoms. The van der Waals surface area contributed by atoms with Gasteiger partial charge in [-0.15, -0.1) is 0 Å². The van der Waals surface area contributed by atoms with E-state index in [1.807, 2.05) is 6.07 Å². The summed E-state index contributed by atoms with van der Waals surface area (Å²) in [6, 6.07) is 6.09. The average Bonchev–Trinajstić information content (AvgIpc) is 2.15. The molecule has 1 N–H and O–H groups in total. The summed E-state index contributed by atoms with van der Waals surface area (Å²) < 4.78 is 0. The molecular weight excluding hydrogens is 184 g/mol. The summed E-state index contributed by atoms with van der Waals surface area (Å²) in [4.78, 5) is 0. The van der Waals surface area contributed by atoms with Crippen molar-refractivity contribution in [1.29, 1.82) is 0 Å². The smallest absolute Gasteiger partial charge is 0.119 e. The Hall–Kier alpha value is -0.980. The lowest BCUT2D eigenvalue weighted by Crippen LogP contribution is -2.11. The predicted molar refractivity (Wildman–Crippen MR) is 65.5 cm³/mol. The molecule has 0 aliphatic carbocycles. The number of phenols is 1. The maximum absolute atomic E-state index is 9.96. The van der Waals surface area contributed by atoms with E-state index in [2.05, 4.69) is 46.8 Å². The van der Waals surface area contributed by atoms with Gasteiger partial charge in [0, 0.05) is 0 Å². The van der Waals surface area contributed by atoms with Crippen molar-refractivity contribution in [2.45, 2.75) is 52.4 Å². The molecule has 15 heavy (non-hydrogen) atoms. The van der Waals surface area contributed by atoms with Gasteiger partial charge in [-0.1, -0.05) is 46.8 Å². The third-order valence-corrected chi connectivity index (χ3v) is 3.04. The van der Waals surface area contributed by atoms with Crippen LogP contribution in [0.2, 0.25) is 0 Å². The fraction of sp³-hybridized carbons (Fsp3) is 0.571. The Kier molecular flexibility index (Phi) is 3.43. The SMILES string of the molecule is CCC(C)c1ccc(C(C)(C)C)cc1O. The van der Waals surface area contributed by atoms with Crippen molar-refractivity contribution < 1.29 is 5.11 Å². The summed E-state index contributed by atoms with van der Waals surface area (Å²) in [6.45, 7) is 10.8. The van der Waals surface area contributed by atoms with E-state index in [0.717, 1.165) is 12.0 Å². The number of aromatic hydroxyl groups is 1. The summed E-state index contributed by atoms with van der Waals surface area (Å²) in [5.74, 6) is 0.871. The number of hydrogen-bond acceptors (Lipinski definition) is 1. The first-order valence-electron chi connectivity index (χ1n) is 5.69. The van der Waals surface area contributed by atoms with Gasteiger partial charge in [-0.2, -0.15) is 0 Å². The first-order chi connectivity index (χ1) is 6.86. The maximum atomic E-state index is 9.96. The van der Waals surface area contributed by atoms with Gasteiger partial charge in [-0.3, -0.25) is 0 Å². The van der Waals surface area contributed by atoms with Crippen LogP contribution in [-0.4, -0.2) is 5.11 Å². The molecule has 0 saturated carbocycles.